The summed E-state index contributed by atoms with van der Waals surface area (Å²) in [5.41, 5.74) is 9.01. The van der Waals surface area contributed by atoms with Gasteiger partial charge >= 0.3 is 0 Å². The molecule has 100 valence electrons. The molecule has 4 nitrogen and oxygen atoms in total. The Bertz CT molecular complexity index is 560. The quantitative estimate of drug-likeness (QED) is 0.671. The Kier molecular flexibility index (Phi) is 4.63. The van der Waals surface area contributed by atoms with Crippen molar-refractivity contribution in [2.45, 2.75) is 24.6 Å². The molecule has 0 aliphatic carbocycles. The predicted molar refractivity (Wildman–Crippen MR) is 78.4 cm³/mol. The van der Waals surface area contributed by atoms with Crippen molar-refractivity contribution < 1.29 is 4.74 Å². The summed E-state index contributed by atoms with van der Waals surface area (Å²) in [4.78, 5) is 8.23. The summed E-state index contributed by atoms with van der Waals surface area (Å²) in [5.74, 6) is 1.29. The van der Waals surface area contributed by atoms with Crippen LogP contribution in [0.15, 0.2) is 35.6 Å². The van der Waals surface area contributed by atoms with Gasteiger partial charge in [0.2, 0.25) is 5.88 Å². The van der Waals surface area contributed by atoms with Crippen LogP contribution in [0.3, 0.4) is 0 Å². The van der Waals surface area contributed by atoms with Crippen LogP contribution in [0.25, 0.3) is 0 Å². The Morgan fingerprint density at radius 3 is 2.89 bits per heavy atom. The number of aromatic nitrogens is 2. The van der Waals surface area contributed by atoms with Gasteiger partial charge in [0.05, 0.1) is 6.61 Å². The van der Waals surface area contributed by atoms with Crippen molar-refractivity contribution >= 4 is 17.4 Å². The second-order valence-electron chi connectivity index (χ2n) is 4.11. The molecule has 0 fully saturated rings. The lowest BCUT2D eigenvalue weighted by atomic mass is 10.2. The van der Waals surface area contributed by atoms with Gasteiger partial charge in [0.1, 0.15) is 17.0 Å². The van der Waals surface area contributed by atoms with E-state index < -0.39 is 0 Å². The molecule has 2 aromatic rings. The SMILES string of the molecule is CCOc1ncnc(SCc2cccc(C)c2)c1N. The fourth-order valence-electron chi connectivity index (χ4n) is 1.68. The molecule has 0 aliphatic rings. The van der Waals surface area contributed by atoms with Gasteiger partial charge < -0.3 is 10.5 Å². The molecule has 0 unspecified atom stereocenters. The van der Waals surface area contributed by atoms with Crippen LogP contribution in [0, 0.1) is 6.92 Å². The third kappa shape index (κ3) is 3.61. The van der Waals surface area contributed by atoms with Crippen LogP contribution in [-0.2, 0) is 5.75 Å². The fraction of sp³-hybridized carbons (Fsp3) is 0.286. The van der Waals surface area contributed by atoms with Gasteiger partial charge in [0, 0.05) is 5.75 Å². The summed E-state index contributed by atoms with van der Waals surface area (Å²) >= 11 is 1.59. The van der Waals surface area contributed by atoms with E-state index >= 15 is 0 Å². The Labute approximate surface area is 117 Å². The van der Waals surface area contributed by atoms with Gasteiger partial charge in [-0.15, -0.1) is 0 Å². The first-order chi connectivity index (χ1) is 9.20. The van der Waals surface area contributed by atoms with E-state index in [-0.39, 0.29) is 0 Å². The lowest BCUT2D eigenvalue weighted by Crippen LogP contribution is -2.02. The second kappa shape index (κ2) is 6.43. The van der Waals surface area contributed by atoms with E-state index in [9.17, 15) is 0 Å². The normalized spacial score (nSPS) is 10.4. The zero-order valence-corrected chi connectivity index (χ0v) is 11.9. The van der Waals surface area contributed by atoms with Crippen LogP contribution in [0.5, 0.6) is 5.88 Å². The summed E-state index contributed by atoms with van der Waals surface area (Å²) in [5, 5.41) is 0.764. The van der Waals surface area contributed by atoms with Crippen molar-refractivity contribution in [3.63, 3.8) is 0 Å². The van der Waals surface area contributed by atoms with Gasteiger partial charge in [-0.3, -0.25) is 0 Å². The molecule has 0 saturated carbocycles. The Morgan fingerprint density at radius 1 is 1.32 bits per heavy atom. The third-order valence-corrected chi connectivity index (χ3v) is 3.63. The third-order valence-electron chi connectivity index (χ3n) is 2.55. The monoisotopic (exact) mass is 275 g/mol. The summed E-state index contributed by atoms with van der Waals surface area (Å²) in [6, 6.07) is 8.40. The Balaban J connectivity index is 2.09. The van der Waals surface area contributed by atoms with Gasteiger partial charge in [0.15, 0.2) is 0 Å². The molecule has 0 bridgehead atoms. The molecule has 0 aliphatic heterocycles. The highest BCUT2D eigenvalue weighted by atomic mass is 32.2. The number of thioether (sulfide) groups is 1. The molecule has 0 radical (unpaired) electrons. The van der Waals surface area contributed by atoms with Gasteiger partial charge in [-0.25, -0.2) is 4.98 Å². The van der Waals surface area contributed by atoms with Gasteiger partial charge in [-0.2, -0.15) is 4.98 Å². The molecular formula is C14H17N3OS. The topological polar surface area (TPSA) is 61.0 Å². The number of nitrogens with zero attached hydrogens (tertiary/aromatic N) is 2. The summed E-state index contributed by atoms with van der Waals surface area (Å²) in [6.45, 7) is 4.53. The summed E-state index contributed by atoms with van der Waals surface area (Å²) in [7, 11) is 0. The van der Waals surface area contributed by atoms with Crippen LogP contribution in [-0.4, -0.2) is 16.6 Å². The van der Waals surface area contributed by atoms with E-state index in [1.54, 1.807) is 11.8 Å². The number of anilines is 1. The lowest BCUT2D eigenvalue weighted by molar-refractivity contribution is 0.327. The van der Waals surface area contributed by atoms with Crippen LogP contribution in [0.2, 0.25) is 0 Å². The molecule has 19 heavy (non-hydrogen) atoms. The molecule has 2 rings (SSSR count). The molecule has 2 N–H and O–H groups in total. The van der Waals surface area contributed by atoms with E-state index in [0.29, 0.717) is 18.2 Å². The number of rotatable bonds is 5. The van der Waals surface area contributed by atoms with Crippen molar-refractivity contribution in [1.82, 2.24) is 9.97 Å². The standard InChI is InChI=1S/C14H17N3OS/c1-3-18-13-12(15)14(17-9-16-13)19-8-11-6-4-5-10(2)7-11/h4-7,9H,3,8,15H2,1-2H3. The molecule has 0 spiro atoms. The van der Waals surface area contributed by atoms with E-state index in [1.807, 2.05) is 6.92 Å². The van der Waals surface area contributed by atoms with Crippen molar-refractivity contribution in [1.29, 1.82) is 0 Å². The van der Waals surface area contributed by atoms with Crippen molar-refractivity contribution in [2.75, 3.05) is 12.3 Å². The summed E-state index contributed by atoms with van der Waals surface area (Å²) in [6.07, 6.45) is 1.49. The number of hydrogen-bond donors (Lipinski definition) is 1. The number of aryl methyl sites for hydroxylation is 1. The van der Waals surface area contributed by atoms with Gasteiger partial charge in [-0.05, 0) is 19.4 Å². The van der Waals surface area contributed by atoms with E-state index in [0.717, 1.165) is 10.8 Å². The van der Waals surface area contributed by atoms with Crippen molar-refractivity contribution in [3.05, 3.63) is 41.7 Å². The first kappa shape index (κ1) is 13.7. The minimum absolute atomic E-state index is 0.462. The van der Waals surface area contributed by atoms with Crippen LogP contribution < -0.4 is 10.5 Å². The highest BCUT2D eigenvalue weighted by Gasteiger charge is 2.09. The molecule has 1 aromatic carbocycles. The minimum atomic E-state index is 0.462. The predicted octanol–water partition coefficient (Wildman–Crippen LogP) is 3.06. The maximum Gasteiger partial charge on any atom is 0.241 e. The van der Waals surface area contributed by atoms with Crippen molar-refractivity contribution in [3.8, 4) is 5.88 Å². The average Bonchev–Trinajstić information content (AvgIpc) is 2.40. The second-order valence-corrected chi connectivity index (χ2v) is 5.07. The molecule has 0 saturated heterocycles. The van der Waals surface area contributed by atoms with Gasteiger partial charge in [-0.1, -0.05) is 41.6 Å². The Hall–Kier alpha value is -1.75. The number of hydrogen-bond acceptors (Lipinski definition) is 5. The first-order valence-corrected chi connectivity index (χ1v) is 7.11. The zero-order valence-electron chi connectivity index (χ0n) is 11.1. The van der Waals surface area contributed by atoms with E-state index in [2.05, 4.69) is 41.2 Å². The molecule has 0 amide bonds. The molecular weight excluding hydrogens is 258 g/mol. The van der Waals surface area contributed by atoms with Gasteiger partial charge in [0.25, 0.3) is 0 Å². The first-order valence-electron chi connectivity index (χ1n) is 6.12. The van der Waals surface area contributed by atoms with Crippen LogP contribution in [0.4, 0.5) is 5.69 Å². The Morgan fingerprint density at radius 2 is 2.16 bits per heavy atom. The van der Waals surface area contributed by atoms with E-state index in [4.69, 9.17) is 10.5 Å². The number of benzene rings is 1. The maximum atomic E-state index is 5.99. The minimum Gasteiger partial charge on any atom is -0.476 e. The van der Waals surface area contributed by atoms with E-state index in [1.165, 1.54) is 17.5 Å². The number of ether oxygens (including phenoxy) is 1. The molecule has 0 atom stereocenters. The fourth-order valence-corrected chi connectivity index (χ4v) is 2.53. The molecule has 1 aromatic heterocycles. The molecule has 1 heterocycles. The average molecular weight is 275 g/mol. The number of nitrogens with two attached hydrogens (primary N) is 1. The van der Waals surface area contributed by atoms with Crippen molar-refractivity contribution in [2.24, 2.45) is 0 Å². The number of nitrogen functional groups attached to an aromatic ring is 1. The summed E-state index contributed by atoms with van der Waals surface area (Å²) < 4.78 is 5.36. The lowest BCUT2D eigenvalue weighted by Gasteiger charge is -2.08. The molecule has 5 heteroatoms. The highest BCUT2D eigenvalue weighted by Crippen LogP contribution is 2.30. The maximum absolute atomic E-state index is 5.99. The highest BCUT2D eigenvalue weighted by molar-refractivity contribution is 7.98. The largest absolute Gasteiger partial charge is 0.476 e. The van der Waals surface area contributed by atoms with Crippen LogP contribution in [0.1, 0.15) is 18.1 Å². The van der Waals surface area contributed by atoms with Crippen LogP contribution >= 0.6 is 11.8 Å². The smallest absolute Gasteiger partial charge is 0.241 e. The zero-order chi connectivity index (χ0) is 13.7.